The van der Waals surface area contributed by atoms with Gasteiger partial charge in [0.25, 0.3) is 5.69 Å². The molecule has 0 aliphatic carbocycles. The Balaban J connectivity index is 2.45. The highest BCUT2D eigenvalue weighted by molar-refractivity contribution is 5.72. The van der Waals surface area contributed by atoms with E-state index in [1.807, 2.05) is 0 Å². The smallest absolute Gasteiger partial charge is 0.421 e. The zero-order valence-corrected chi connectivity index (χ0v) is 15.6. The highest BCUT2D eigenvalue weighted by Crippen LogP contribution is 2.42. The van der Waals surface area contributed by atoms with Crippen LogP contribution < -0.4 is 5.32 Å². The van der Waals surface area contributed by atoms with Crippen molar-refractivity contribution in [1.82, 2.24) is 4.90 Å². The van der Waals surface area contributed by atoms with E-state index in [-0.39, 0.29) is 13.0 Å². The van der Waals surface area contributed by atoms with Crippen LogP contribution in [0.2, 0.25) is 0 Å². The molecule has 7 nitrogen and oxygen atoms in total. The normalized spacial score (nSPS) is 18.0. The van der Waals surface area contributed by atoms with E-state index in [2.05, 4.69) is 5.32 Å². The number of carbonyl (C=O) groups is 1. The number of likely N-dealkylation sites (tertiary alicyclic amines) is 1. The molecule has 0 spiro atoms. The first-order valence-corrected chi connectivity index (χ1v) is 8.61. The lowest BCUT2D eigenvalue weighted by atomic mass is 10.1. The number of halogens is 4. The second-order valence-electron chi connectivity index (χ2n) is 7.40. The van der Waals surface area contributed by atoms with Crippen LogP contribution in [0.25, 0.3) is 0 Å². The number of amides is 1. The second-order valence-corrected chi connectivity index (χ2v) is 7.40. The molecular formula is C17H21F4N3O4. The van der Waals surface area contributed by atoms with Gasteiger partial charge in [0.05, 0.1) is 4.92 Å². The highest BCUT2D eigenvalue weighted by Gasteiger charge is 2.42. The quantitative estimate of drug-likeness (QED) is 0.437. The second kappa shape index (κ2) is 7.80. The molecule has 11 heteroatoms. The van der Waals surface area contributed by atoms with Crippen molar-refractivity contribution in [2.24, 2.45) is 0 Å². The molecule has 1 N–H and O–H groups in total. The SMILES string of the molecule is CC(C)(C)OC(=O)N1CCCCC1Nc1c([N+](=O)[O-])ccc(F)c1C(F)(F)F. The Morgan fingerprint density at radius 3 is 2.46 bits per heavy atom. The van der Waals surface area contributed by atoms with Crippen molar-refractivity contribution in [3.8, 4) is 0 Å². The van der Waals surface area contributed by atoms with Gasteiger partial charge in [-0.25, -0.2) is 9.18 Å². The van der Waals surface area contributed by atoms with Crippen LogP contribution in [0.1, 0.15) is 45.6 Å². The van der Waals surface area contributed by atoms with E-state index >= 15 is 0 Å². The predicted molar refractivity (Wildman–Crippen MR) is 92.3 cm³/mol. The molecule has 0 radical (unpaired) electrons. The van der Waals surface area contributed by atoms with Gasteiger partial charge in [0.2, 0.25) is 0 Å². The minimum absolute atomic E-state index is 0.192. The molecule has 1 aliphatic rings. The maximum Gasteiger partial charge on any atom is 0.421 e. The number of anilines is 1. The van der Waals surface area contributed by atoms with Crippen molar-refractivity contribution in [3.63, 3.8) is 0 Å². The summed E-state index contributed by atoms with van der Waals surface area (Å²) in [6.45, 7) is 5.10. The number of ether oxygens (including phenoxy) is 1. The van der Waals surface area contributed by atoms with E-state index in [4.69, 9.17) is 4.74 Å². The first kappa shape index (κ1) is 21.7. The molecule has 156 valence electrons. The van der Waals surface area contributed by atoms with Crippen LogP contribution in [0.4, 0.5) is 33.7 Å². The van der Waals surface area contributed by atoms with Crippen molar-refractivity contribution >= 4 is 17.5 Å². The molecule has 1 saturated heterocycles. The topological polar surface area (TPSA) is 84.7 Å². The summed E-state index contributed by atoms with van der Waals surface area (Å²) in [4.78, 5) is 23.8. The molecule has 1 unspecified atom stereocenters. The molecule has 1 amide bonds. The molecule has 1 aromatic rings. The van der Waals surface area contributed by atoms with Crippen LogP contribution in [0.5, 0.6) is 0 Å². The number of hydrogen-bond donors (Lipinski definition) is 1. The first-order valence-electron chi connectivity index (χ1n) is 8.61. The third-order valence-electron chi connectivity index (χ3n) is 4.05. The van der Waals surface area contributed by atoms with E-state index in [9.17, 15) is 32.5 Å². The summed E-state index contributed by atoms with van der Waals surface area (Å²) in [5, 5.41) is 13.6. The molecule has 0 bridgehead atoms. The van der Waals surface area contributed by atoms with E-state index in [0.717, 1.165) is 0 Å². The molecule has 28 heavy (non-hydrogen) atoms. The van der Waals surface area contributed by atoms with Crippen molar-refractivity contribution in [2.45, 2.75) is 58.0 Å². The van der Waals surface area contributed by atoms with Gasteiger partial charge in [0.15, 0.2) is 0 Å². The molecule has 1 aromatic carbocycles. The maximum absolute atomic E-state index is 13.9. The predicted octanol–water partition coefficient (Wildman–Crippen LogP) is 4.91. The fourth-order valence-corrected chi connectivity index (χ4v) is 2.93. The summed E-state index contributed by atoms with van der Waals surface area (Å²) < 4.78 is 59.3. The molecule has 0 saturated carbocycles. The Labute approximate surface area is 158 Å². The number of alkyl halides is 3. The summed E-state index contributed by atoms with van der Waals surface area (Å²) in [5.41, 5.74) is -4.53. The lowest BCUT2D eigenvalue weighted by Gasteiger charge is -2.37. The molecule has 1 aliphatic heterocycles. The Bertz CT molecular complexity index is 762. The van der Waals surface area contributed by atoms with Gasteiger partial charge in [-0.2, -0.15) is 13.2 Å². The number of piperidine rings is 1. The largest absolute Gasteiger partial charge is 0.444 e. The average molecular weight is 407 g/mol. The molecule has 1 heterocycles. The van der Waals surface area contributed by atoms with Gasteiger partial charge in [-0.3, -0.25) is 15.0 Å². The highest BCUT2D eigenvalue weighted by atomic mass is 19.4. The lowest BCUT2D eigenvalue weighted by Crippen LogP contribution is -2.49. The monoisotopic (exact) mass is 407 g/mol. The number of hydrogen-bond acceptors (Lipinski definition) is 5. The van der Waals surface area contributed by atoms with Crippen LogP contribution >= 0.6 is 0 Å². The average Bonchev–Trinajstić information content (AvgIpc) is 2.52. The van der Waals surface area contributed by atoms with Crippen molar-refractivity contribution in [1.29, 1.82) is 0 Å². The first-order chi connectivity index (χ1) is 12.8. The van der Waals surface area contributed by atoms with Crippen molar-refractivity contribution < 1.29 is 32.0 Å². The number of nitro benzene ring substituents is 1. The van der Waals surface area contributed by atoms with E-state index in [1.54, 1.807) is 20.8 Å². The summed E-state index contributed by atoms with van der Waals surface area (Å²) in [5.74, 6) is -1.64. The van der Waals surface area contributed by atoms with Crippen LogP contribution in [-0.2, 0) is 10.9 Å². The van der Waals surface area contributed by atoms with Gasteiger partial charge in [0, 0.05) is 12.6 Å². The molecule has 2 rings (SSSR count). The van der Waals surface area contributed by atoms with E-state index in [1.165, 1.54) is 4.90 Å². The molecule has 1 fully saturated rings. The zero-order chi connectivity index (χ0) is 21.3. The summed E-state index contributed by atoms with van der Waals surface area (Å²) in [7, 11) is 0. The summed E-state index contributed by atoms with van der Waals surface area (Å²) in [6, 6.07) is 1.06. The lowest BCUT2D eigenvalue weighted by molar-refractivity contribution is -0.384. The minimum atomic E-state index is -5.16. The van der Waals surface area contributed by atoms with Crippen molar-refractivity contribution in [2.75, 3.05) is 11.9 Å². The minimum Gasteiger partial charge on any atom is -0.444 e. The van der Waals surface area contributed by atoms with Crippen LogP contribution in [0, 0.1) is 15.9 Å². The Hall–Kier alpha value is -2.59. The number of benzene rings is 1. The fourth-order valence-electron chi connectivity index (χ4n) is 2.93. The van der Waals surface area contributed by atoms with Gasteiger partial charge in [-0.1, -0.05) is 0 Å². The summed E-state index contributed by atoms with van der Waals surface area (Å²) >= 11 is 0. The maximum atomic E-state index is 13.9. The van der Waals surface area contributed by atoms with E-state index in [0.29, 0.717) is 25.0 Å². The van der Waals surface area contributed by atoms with Crippen molar-refractivity contribution in [3.05, 3.63) is 33.6 Å². The number of carbonyl (C=O) groups excluding carboxylic acids is 1. The van der Waals surface area contributed by atoms with Crippen LogP contribution in [0.3, 0.4) is 0 Å². The van der Waals surface area contributed by atoms with Gasteiger partial charge in [-0.15, -0.1) is 0 Å². The van der Waals surface area contributed by atoms with Gasteiger partial charge >= 0.3 is 12.3 Å². The number of nitro groups is 1. The number of nitrogens with zero attached hydrogens (tertiary/aromatic N) is 2. The molecule has 1 atom stereocenters. The van der Waals surface area contributed by atoms with E-state index < -0.39 is 51.7 Å². The van der Waals surface area contributed by atoms with Gasteiger partial charge in [0.1, 0.15) is 28.8 Å². The Morgan fingerprint density at radius 2 is 1.93 bits per heavy atom. The fraction of sp³-hybridized carbons (Fsp3) is 0.588. The number of rotatable bonds is 3. The third-order valence-corrected chi connectivity index (χ3v) is 4.05. The summed E-state index contributed by atoms with van der Waals surface area (Å²) in [6.07, 6.45) is -5.55. The van der Waals surface area contributed by atoms with Gasteiger partial charge in [-0.05, 0) is 46.1 Å². The van der Waals surface area contributed by atoms with Crippen LogP contribution in [-0.4, -0.2) is 34.2 Å². The van der Waals surface area contributed by atoms with Gasteiger partial charge < -0.3 is 10.1 Å². The molecular weight excluding hydrogens is 386 g/mol. The number of nitrogens with one attached hydrogen (secondary N) is 1. The van der Waals surface area contributed by atoms with Crippen LogP contribution in [0.15, 0.2) is 12.1 Å². The third kappa shape index (κ3) is 5.02. The Morgan fingerprint density at radius 1 is 1.29 bits per heavy atom. The zero-order valence-electron chi connectivity index (χ0n) is 15.6. The standard InChI is InChI=1S/C17H21F4N3O4/c1-16(2,3)28-15(25)23-9-5-4-6-12(23)22-14-11(24(26)27)8-7-10(18)13(14)17(19,20)21/h7-8,12,22H,4-6,9H2,1-3H3. The molecule has 0 aromatic heterocycles. The Kier molecular flexibility index (Phi) is 6.05.